The maximum Gasteiger partial charge on any atom is 0.0167 e. The molecule has 0 bridgehead atoms. The van der Waals surface area contributed by atoms with Gasteiger partial charge in [-0.05, 0) is 39.7 Å². The van der Waals surface area contributed by atoms with E-state index in [1.165, 1.54) is 25.8 Å². The molecule has 0 aromatic carbocycles. The Balaban J connectivity index is 2.35. The Morgan fingerprint density at radius 1 is 1.46 bits per heavy atom. The lowest BCUT2D eigenvalue weighted by Gasteiger charge is -2.33. The van der Waals surface area contributed by atoms with E-state index in [1.54, 1.807) is 0 Å². The summed E-state index contributed by atoms with van der Waals surface area (Å²) in [7, 11) is 0. The molecule has 2 heteroatoms. The molecule has 2 nitrogen and oxygen atoms in total. The normalized spacial score (nSPS) is 24.9. The van der Waals surface area contributed by atoms with Crippen LogP contribution >= 0.6 is 0 Å². The van der Waals surface area contributed by atoms with Crippen molar-refractivity contribution in [2.24, 2.45) is 5.73 Å². The predicted octanol–water partition coefficient (Wildman–Crippen LogP) is 1.99. The fourth-order valence-electron chi connectivity index (χ4n) is 2.25. The topological polar surface area (TPSA) is 29.3 Å². The summed E-state index contributed by atoms with van der Waals surface area (Å²) in [6.45, 7) is 9.19. The van der Waals surface area contributed by atoms with Crippen LogP contribution in [0.15, 0.2) is 0 Å². The second kappa shape index (κ2) is 4.43. The number of likely N-dealkylation sites (tertiary alicyclic amines) is 1. The summed E-state index contributed by atoms with van der Waals surface area (Å²) in [5.41, 5.74) is 6.44. The van der Waals surface area contributed by atoms with Crippen molar-refractivity contribution in [2.75, 3.05) is 13.1 Å². The molecule has 2 N–H and O–H groups in total. The van der Waals surface area contributed by atoms with Crippen LogP contribution in [0, 0.1) is 0 Å². The SMILES string of the molecule is CCCC(N)CN1CCCC1(C)C. The van der Waals surface area contributed by atoms with Crippen molar-refractivity contribution in [1.82, 2.24) is 4.90 Å². The van der Waals surface area contributed by atoms with E-state index < -0.39 is 0 Å². The highest BCUT2D eigenvalue weighted by Gasteiger charge is 2.32. The zero-order valence-corrected chi connectivity index (χ0v) is 9.34. The Bertz CT molecular complexity index is 154. The molecule has 1 atom stereocenters. The lowest BCUT2D eigenvalue weighted by atomic mass is 10.0. The molecule has 0 spiro atoms. The van der Waals surface area contributed by atoms with Crippen molar-refractivity contribution in [3.63, 3.8) is 0 Å². The Kier molecular flexibility index (Phi) is 3.74. The zero-order valence-electron chi connectivity index (χ0n) is 9.34. The number of nitrogens with zero attached hydrogens (tertiary/aromatic N) is 1. The molecule has 0 aromatic rings. The van der Waals surface area contributed by atoms with Gasteiger partial charge in [-0.1, -0.05) is 13.3 Å². The van der Waals surface area contributed by atoms with Crippen molar-refractivity contribution in [1.29, 1.82) is 0 Å². The molecule has 1 saturated heterocycles. The van der Waals surface area contributed by atoms with Crippen molar-refractivity contribution < 1.29 is 0 Å². The average molecular weight is 184 g/mol. The molecule has 0 aromatic heterocycles. The second-order valence-corrected chi connectivity index (χ2v) is 4.91. The number of rotatable bonds is 4. The Morgan fingerprint density at radius 2 is 2.15 bits per heavy atom. The van der Waals surface area contributed by atoms with E-state index in [4.69, 9.17) is 5.73 Å². The fourth-order valence-corrected chi connectivity index (χ4v) is 2.25. The maximum atomic E-state index is 6.04. The summed E-state index contributed by atoms with van der Waals surface area (Å²) >= 11 is 0. The summed E-state index contributed by atoms with van der Waals surface area (Å²) in [5.74, 6) is 0. The monoisotopic (exact) mass is 184 g/mol. The summed E-state index contributed by atoms with van der Waals surface area (Å²) < 4.78 is 0. The highest BCUT2D eigenvalue weighted by molar-refractivity contribution is 4.89. The van der Waals surface area contributed by atoms with Gasteiger partial charge in [-0.3, -0.25) is 4.90 Å². The van der Waals surface area contributed by atoms with Gasteiger partial charge in [-0.25, -0.2) is 0 Å². The third-order valence-electron chi connectivity index (χ3n) is 3.19. The minimum atomic E-state index is 0.377. The van der Waals surface area contributed by atoms with Crippen LogP contribution in [0.1, 0.15) is 46.5 Å². The van der Waals surface area contributed by atoms with Gasteiger partial charge >= 0.3 is 0 Å². The first-order valence-corrected chi connectivity index (χ1v) is 5.57. The van der Waals surface area contributed by atoms with Crippen LogP contribution < -0.4 is 5.73 Å². The first-order valence-electron chi connectivity index (χ1n) is 5.57. The van der Waals surface area contributed by atoms with Crippen LogP contribution in [0.4, 0.5) is 0 Å². The Hall–Kier alpha value is -0.0800. The Morgan fingerprint density at radius 3 is 2.62 bits per heavy atom. The minimum absolute atomic E-state index is 0.377. The van der Waals surface area contributed by atoms with Crippen molar-refractivity contribution in [3.8, 4) is 0 Å². The van der Waals surface area contributed by atoms with E-state index in [1.807, 2.05) is 0 Å². The standard InChI is InChI=1S/C11H24N2/c1-4-6-10(12)9-13-8-5-7-11(13,2)3/h10H,4-9,12H2,1-3H3. The highest BCUT2D eigenvalue weighted by Crippen LogP contribution is 2.27. The maximum absolute atomic E-state index is 6.04. The van der Waals surface area contributed by atoms with E-state index in [-0.39, 0.29) is 0 Å². The molecule has 0 saturated carbocycles. The van der Waals surface area contributed by atoms with Crippen LogP contribution in [0.5, 0.6) is 0 Å². The molecule has 0 amide bonds. The first-order chi connectivity index (χ1) is 6.06. The molecule has 0 aliphatic carbocycles. The third-order valence-corrected chi connectivity index (χ3v) is 3.19. The second-order valence-electron chi connectivity index (χ2n) is 4.91. The van der Waals surface area contributed by atoms with Crippen LogP contribution in [-0.4, -0.2) is 29.6 Å². The molecule has 1 heterocycles. The van der Waals surface area contributed by atoms with Gasteiger partial charge in [-0.15, -0.1) is 0 Å². The third kappa shape index (κ3) is 2.96. The lowest BCUT2D eigenvalue weighted by molar-refractivity contribution is 0.162. The number of hydrogen-bond acceptors (Lipinski definition) is 2. The van der Waals surface area contributed by atoms with Gasteiger partial charge in [0.15, 0.2) is 0 Å². The van der Waals surface area contributed by atoms with Crippen LogP contribution in [0.25, 0.3) is 0 Å². The van der Waals surface area contributed by atoms with E-state index in [0.717, 1.165) is 13.0 Å². The first kappa shape index (κ1) is 11.0. The van der Waals surface area contributed by atoms with Gasteiger partial charge in [0.2, 0.25) is 0 Å². The molecular formula is C11H24N2. The van der Waals surface area contributed by atoms with Crippen LogP contribution in [0.2, 0.25) is 0 Å². The highest BCUT2D eigenvalue weighted by atomic mass is 15.2. The van der Waals surface area contributed by atoms with E-state index >= 15 is 0 Å². The van der Waals surface area contributed by atoms with Gasteiger partial charge in [0.25, 0.3) is 0 Å². The summed E-state index contributed by atoms with van der Waals surface area (Å²) in [6, 6.07) is 0.377. The smallest absolute Gasteiger partial charge is 0.0167 e. The molecule has 1 aliphatic rings. The molecule has 1 unspecified atom stereocenters. The van der Waals surface area contributed by atoms with Crippen LogP contribution in [-0.2, 0) is 0 Å². The molecule has 1 fully saturated rings. The molecule has 13 heavy (non-hydrogen) atoms. The van der Waals surface area contributed by atoms with Crippen molar-refractivity contribution in [3.05, 3.63) is 0 Å². The van der Waals surface area contributed by atoms with Crippen molar-refractivity contribution >= 4 is 0 Å². The minimum Gasteiger partial charge on any atom is -0.327 e. The zero-order chi connectivity index (χ0) is 9.90. The quantitative estimate of drug-likeness (QED) is 0.724. The molecule has 1 aliphatic heterocycles. The van der Waals surface area contributed by atoms with Gasteiger partial charge in [0.05, 0.1) is 0 Å². The van der Waals surface area contributed by atoms with E-state index in [0.29, 0.717) is 11.6 Å². The summed E-state index contributed by atoms with van der Waals surface area (Å²) in [4.78, 5) is 2.55. The lowest BCUT2D eigenvalue weighted by Crippen LogP contribution is -2.45. The van der Waals surface area contributed by atoms with Gasteiger partial charge in [-0.2, -0.15) is 0 Å². The predicted molar refractivity (Wildman–Crippen MR) is 57.8 cm³/mol. The Labute approximate surface area is 82.5 Å². The number of nitrogens with two attached hydrogens (primary N) is 1. The van der Waals surface area contributed by atoms with Crippen molar-refractivity contribution in [2.45, 2.75) is 58.0 Å². The van der Waals surface area contributed by atoms with Gasteiger partial charge in [0, 0.05) is 18.1 Å². The summed E-state index contributed by atoms with van der Waals surface area (Å²) in [6.07, 6.45) is 5.03. The molecule has 78 valence electrons. The molecule has 1 rings (SSSR count). The fraction of sp³-hybridized carbons (Fsp3) is 1.00. The largest absolute Gasteiger partial charge is 0.327 e. The van der Waals surface area contributed by atoms with Gasteiger partial charge in [0.1, 0.15) is 0 Å². The average Bonchev–Trinajstić information content (AvgIpc) is 2.31. The summed E-state index contributed by atoms with van der Waals surface area (Å²) in [5, 5.41) is 0. The molecule has 0 radical (unpaired) electrons. The van der Waals surface area contributed by atoms with Gasteiger partial charge < -0.3 is 5.73 Å². The van der Waals surface area contributed by atoms with E-state index in [9.17, 15) is 0 Å². The van der Waals surface area contributed by atoms with E-state index in [2.05, 4.69) is 25.7 Å². The number of hydrogen-bond donors (Lipinski definition) is 1. The van der Waals surface area contributed by atoms with Crippen LogP contribution in [0.3, 0.4) is 0 Å². The molecular weight excluding hydrogens is 160 g/mol.